The average Bonchev–Trinajstić information content (AvgIpc) is 2.80. The smallest absolute Gasteiger partial charge is 0.230 e. The zero-order valence-corrected chi connectivity index (χ0v) is 11.7. The van der Waals surface area contributed by atoms with E-state index in [0.29, 0.717) is 11.6 Å². The molecule has 106 valence electrons. The van der Waals surface area contributed by atoms with Gasteiger partial charge in [-0.15, -0.1) is 0 Å². The van der Waals surface area contributed by atoms with Crippen LogP contribution in [0.2, 0.25) is 0 Å². The van der Waals surface area contributed by atoms with Crippen molar-refractivity contribution in [3.8, 4) is 0 Å². The highest BCUT2D eigenvalue weighted by atomic mass is 19.1. The third-order valence-electron chi connectivity index (χ3n) is 2.79. The molecule has 20 heavy (non-hydrogen) atoms. The first kappa shape index (κ1) is 14.2. The van der Waals surface area contributed by atoms with Gasteiger partial charge in [0.25, 0.3) is 0 Å². The zero-order valence-electron chi connectivity index (χ0n) is 11.7. The maximum absolute atomic E-state index is 12.8. The maximum Gasteiger partial charge on any atom is 0.230 e. The monoisotopic (exact) mass is 276 g/mol. The topological polar surface area (TPSA) is 55.1 Å². The number of anilines is 1. The van der Waals surface area contributed by atoms with E-state index < -0.39 is 0 Å². The van der Waals surface area contributed by atoms with E-state index in [9.17, 15) is 9.18 Å². The molecule has 2 aromatic rings. The van der Waals surface area contributed by atoms with Crippen LogP contribution in [0.3, 0.4) is 0 Å². The molecule has 0 atom stereocenters. The van der Waals surface area contributed by atoms with Gasteiger partial charge in [0.05, 0.1) is 6.42 Å². The van der Waals surface area contributed by atoms with E-state index >= 15 is 0 Å². The van der Waals surface area contributed by atoms with Crippen LogP contribution in [0.1, 0.15) is 32.1 Å². The molecule has 1 aromatic heterocycles. The molecule has 0 aliphatic carbocycles. The van der Waals surface area contributed by atoms with Gasteiger partial charge >= 0.3 is 0 Å². The van der Waals surface area contributed by atoms with Gasteiger partial charge in [-0.25, -0.2) is 4.39 Å². The Morgan fingerprint density at radius 2 is 1.95 bits per heavy atom. The highest BCUT2D eigenvalue weighted by molar-refractivity contribution is 5.91. The molecule has 1 aromatic carbocycles. The molecular weight excluding hydrogens is 259 g/mol. The molecule has 2 rings (SSSR count). The fourth-order valence-electron chi connectivity index (χ4n) is 1.66. The summed E-state index contributed by atoms with van der Waals surface area (Å²) in [5.41, 5.74) is 0.580. The summed E-state index contributed by atoms with van der Waals surface area (Å²) in [6.07, 6.45) is 0.165. The van der Waals surface area contributed by atoms with E-state index in [-0.39, 0.29) is 23.6 Å². The Kier molecular flexibility index (Phi) is 3.88. The third-order valence-corrected chi connectivity index (χ3v) is 2.79. The normalized spacial score (nSPS) is 11.4. The predicted octanol–water partition coefficient (Wildman–Crippen LogP) is 3.29. The van der Waals surface area contributed by atoms with Crippen LogP contribution in [-0.2, 0) is 16.6 Å². The fourth-order valence-corrected chi connectivity index (χ4v) is 1.66. The Balaban J connectivity index is 1.98. The van der Waals surface area contributed by atoms with Crippen molar-refractivity contribution in [3.05, 3.63) is 47.5 Å². The van der Waals surface area contributed by atoms with Gasteiger partial charge in [0.1, 0.15) is 11.6 Å². The minimum Gasteiger partial charge on any atom is -0.359 e. The lowest BCUT2D eigenvalue weighted by Gasteiger charge is -2.12. The third kappa shape index (κ3) is 3.66. The van der Waals surface area contributed by atoms with Crippen LogP contribution in [0.4, 0.5) is 10.2 Å². The Hall–Kier alpha value is -2.17. The van der Waals surface area contributed by atoms with E-state index in [0.717, 1.165) is 5.56 Å². The second kappa shape index (κ2) is 5.45. The van der Waals surface area contributed by atoms with Crippen LogP contribution in [0.5, 0.6) is 0 Å². The molecule has 0 radical (unpaired) electrons. The second-order valence-corrected chi connectivity index (χ2v) is 5.68. The summed E-state index contributed by atoms with van der Waals surface area (Å²) in [7, 11) is 0. The molecule has 0 aliphatic rings. The van der Waals surface area contributed by atoms with E-state index in [4.69, 9.17) is 4.52 Å². The first-order valence-corrected chi connectivity index (χ1v) is 6.36. The summed E-state index contributed by atoms with van der Waals surface area (Å²) in [5.74, 6) is 0.558. The number of carbonyl (C=O) groups is 1. The number of nitrogens with zero attached hydrogens (tertiary/aromatic N) is 1. The molecule has 0 saturated heterocycles. The molecule has 0 bridgehead atoms. The lowest BCUT2D eigenvalue weighted by Crippen LogP contribution is -2.14. The molecule has 0 unspecified atom stereocenters. The van der Waals surface area contributed by atoms with Crippen molar-refractivity contribution in [1.29, 1.82) is 0 Å². The summed E-state index contributed by atoms with van der Waals surface area (Å²) in [6, 6.07) is 7.53. The molecule has 0 aliphatic heterocycles. The van der Waals surface area contributed by atoms with Gasteiger partial charge in [-0.05, 0) is 17.7 Å². The van der Waals surface area contributed by atoms with Gasteiger partial charge in [0, 0.05) is 11.5 Å². The van der Waals surface area contributed by atoms with Gasteiger partial charge in [0.2, 0.25) is 5.91 Å². The molecule has 5 heteroatoms. The molecule has 0 saturated carbocycles. The number of hydrogen-bond donors (Lipinski definition) is 1. The Morgan fingerprint density at radius 3 is 2.50 bits per heavy atom. The van der Waals surface area contributed by atoms with Crippen LogP contribution in [-0.4, -0.2) is 11.1 Å². The van der Waals surface area contributed by atoms with Crippen molar-refractivity contribution >= 4 is 11.7 Å². The standard InChI is InChI=1S/C15H17FN2O2/c1-15(2,3)12-9-13(18-20-12)17-14(19)8-10-4-6-11(16)7-5-10/h4-7,9H,8H2,1-3H3,(H,17,18,19). The first-order valence-electron chi connectivity index (χ1n) is 6.36. The van der Waals surface area contributed by atoms with Crippen LogP contribution >= 0.6 is 0 Å². The lowest BCUT2D eigenvalue weighted by molar-refractivity contribution is -0.115. The van der Waals surface area contributed by atoms with Crippen LogP contribution in [0.15, 0.2) is 34.9 Å². The molecule has 1 N–H and O–H groups in total. The van der Waals surface area contributed by atoms with Crippen molar-refractivity contribution in [1.82, 2.24) is 5.16 Å². The minimum absolute atomic E-state index is 0.160. The number of hydrogen-bond acceptors (Lipinski definition) is 3. The van der Waals surface area contributed by atoms with Crippen molar-refractivity contribution in [2.24, 2.45) is 0 Å². The molecular formula is C15H17FN2O2. The van der Waals surface area contributed by atoms with Gasteiger partial charge in [0.15, 0.2) is 5.82 Å². The molecule has 0 fully saturated rings. The Bertz CT molecular complexity index is 597. The fraction of sp³-hybridized carbons (Fsp3) is 0.333. The largest absolute Gasteiger partial charge is 0.359 e. The molecule has 0 spiro atoms. The van der Waals surface area contributed by atoms with E-state index in [1.54, 1.807) is 18.2 Å². The van der Waals surface area contributed by atoms with Crippen molar-refractivity contribution in [3.63, 3.8) is 0 Å². The van der Waals surface area contributed by atoms with Gasteiger partial charge < -0.3 is 9.84 Å². The second-order valence-electron chi connectivity index (χ2n) is 5.68. The summed E-state index contributed by atoms with van der Waals surface area (Å²) in [4.78, 5) is 11.8. The molecule has 1 amide bonds. The number of halogens is 1. The Labute approximate surface area is 117 Å². The highest BCUT2D eigenvalue weighted by Gasteiger charge is 2.20. The van der Waals surface area contributed by atoms with Crippen molar-refractivity contribution in [2.75, 3.05) is 5.32 Å². The number of rotatable bonds is 3. The lowest BCUT2D eigenvalue weighted by atomic mass is 9.93. The number of nitrogens with one attached hydrogen (secondary N) is 1. The summed E-state index contributed by atoms with van der Waals surface area (Å²) in [6.45, 7) is 5.99. The van der Waals surface area contributed by atoms with E-state index in [1.807, 2.05) is 20.8 Å². The van der Waals surface area contributed by atoms with Crippen LogP contribution in [0, 0.1) is 5.82 Å². The minimum atomic E-state index is -0.319. The van der Waals surface area contributed by atoms with Crippen LogP contribution < -0.4 is 5.32 Å². The summed E-state index contributed by atoms with van der Waals surface area (Å²) < 4.78 is 17.9. The van der Waals surface area contributed by atoms with E-state index in [1.165, 1.54) is 12.1 Å². The predicted molar refractivity (Wildman–Crippen MR) is 73.9 cm³/mol. The molecule has 1 heterocycles. The Morgan fingerprint density at radius 1 is 1.30 bits per heavy atom. The molecule has 4 nitrogen and oxygen atoms in total. The number of carbonyl (C=O) groups excluding carboxylic acids is 1. The first-order chi connectivity index (χ1) is 9.34. The van der Waals surface area contributed by atoms with Gasteiger partial charge in [-0.3, -0.25) is 4.79 Å². The SMILES string of the molecule is CC(C)(C)c1cc(NC(=O)Cc2ccc(F)cc2)no1. The highest BCUT2D eigenvalue weighted by Crippen LogP contribution is 2.24. The van der Waals surface area contributed by atoms with Gasteiger partial charge in [-0.2, -0.15) is 0 Å². The number of amides is 1. The van der Waals surface area contributed by atoms with Crippen molar-refractivity contribution < 1.29 is 13.7 Å². The van der Waals surface area contributed by atoms with Crippen molar-refractivity contribution in [2.45, 2.75) is 32.6 Å². The van der Waals surface area contributed by atoms with E-state index in [2.05, 4.69) is 10.5 Å². The summed E-state index contributed by atoms with van der Waals surface area (Å²) in [5, 5.41) is 6.47. The maximum atomic E-state index is 12.8. The summed E-state index contributed by atoms with van der Waals surface area (Å²) >= 11 is 0. The van der Waals surface area contributed by atoms with Crippen LogP contribution in [0.25, 0.3) is 0 Å². The average molecular weight is 276 g/mol. The number of benzene rings is 1. The quantitative estimate of drug-likeness (QED) is 0.935. The number of aromatic nitrogens is 1. The van der Waals surface area contributed by atoms with Gasteiger partial charge in [-0.1, -0.05) is 38.1 Å². The zero-order chi connectivity index (χ0) is 14.8.